The number of epoxide rings is 1. The Morgan fingerprint density at radius 3 is 2.56 bits per heavy atom. The van der Waals surface area contributed by atoms with Crippen molar-refractivity contribution in [3.8, 4) is 0 Å². The van der Waals surface area contributed by atoms with E-state index in [1.165, 1.54) is 21.8 Å². The van der Waals surface area contributed by atoms with Gasteiger partial charge in [0.25, 0.3) is 0 Å². The number of hydrogen-bond acceptors (Lipinski definition) is 3. The SMILES string of the molecule is Brc1ccc(N=Nc2ccc3c(c2)c2ccccc2n3CC2CO2)c(Br)c1. The summed E-state index contributed by atoms with van der Waals surface area (Å²) in [7, 11) is 0. The first kappa shape index (κ1) is 17.1. The van der Waals surface area contributed by atoms with E-state index in [0.29, 0.717) is 6.10 Å². The molecule has 0 amide bonds. The van der Waals surface area contributed by atoms with E-state index in [0.717, 1.165) is 33.5 Å². The van der Waals surface area contributed by atoms with Crippen molar-refractivity contribution in [2.75, 3.05) is 6.61 Å². The van der Waals surface area contributed by atoms with E-state index in [2.05, 4.69) is 83.1 Å². The van der Waals surface area contributed by atoms with Crippen LogP contribution in [0.25, 0.3) is 21.8 Å². The van der Waals surface area contributed by atoms with Gasteiger partial charge in [0.1, 0.15) is 0 Å². The third-order valence-corrected chi connectivity index (χ3v) is 5.86. The van der Waals surface area contributed by atoms with Crippen molar-refractivity contribution in [3.63, 3.8) is 0 Å². The van der Waals surface area contributed by atoms with Gasteiger partial charge in [0, 0.05) is 30.8 Å². The molecular weight excluding hydrogens is 470 g/mol. The van der Waals surface area contributed by atoms with E-state index >= 15 is 0 Å². The monoisotopic (exact) mass is 483 g/mol. The molecule has 1 fully saturated rings. The molecule has 1 atom stereocenters. The Bertz CT molecular complexity index is 1190. The molecule has 0 radical (unpaired) electrons. The first-order valence-corrected chi connectivity index (χ1v) is 10.3. The Hall–Kier alpha value is -2.02. The fraction of sp³-hybridized carbons (Fsp3) is 0.143. The average Bonchev–Trinajstić information content (AvgIpc) is 3.44. The second kappa shape index (κ2) is 6.86. The Balaban J connectivity index is 1.58. The summed E-state index contributed by atoms with van der Waals surface area (Å²) < 4.78 is 9.70. The summed E-state index contributed by atoms with van der Waals surface area (Å²) in [6.07, 6.45) is 0.332. The maximum atomic E-state index is 5.45. The lowest BCUT2D eigenvalue weighted by Crippen LogP contribution is -2.03. The number of halogens is 2. The number of rotatable bonds is 4. The van der Waals surface area contributed by atoms with Crippen LogP contribution in [0.4, 0.5) is 11.4 Å². The van der Waals surface area contributed by atoms with Crippen LogP contribution in [0.5, 0.6) is 0 Å². The predicted molar refractivity (Wildman–Crippen MR) is 115 cm³/mol. The quantitative estimate of drug-likeness (QED) is 0.224. The average molecular weight is 485 g/mol. The summed E-state index contributed by atoms with van der Waals surface area (Å²) in [5.41, 5.74) is 4.07. The van der Waals surface area contributed by atoms with E-state index in [9.17, 15) is 0 Å². The molecule has 1 saturated heterocycles. The van der Waals surface area contributed by atoms with Gasteiger partial charge in [-0.15, -0.1) is 5.11 Å². The summed E-state index contributed by atoms with van der Waals surface area (Å²) >= 11 is 6.98. The highest BCUT2D eigenvalue weighted by Crippen LogP contribution is 2.34. The zero-order valence-corrected chi connectivity index (χ0v) is 17.4. The van der Waals surface area contributed by atoms with Crippen LogP contribution >= 0.6 is 31.9 Å². The van der Waals surface area contributed by atoms with Crippen LogP contribution in [-0.2, 0) is 11.3 Å². The van der Waals surface area contributed by atoms with Crippen LogP contribution in [-0.4, -0.2) is 17.3 Å². The zero-order valence-electron chi connectivity index (χ0n) is 14.3. The maximum absolute atomic E-state index is 5.45. The molecule has 0 bridgehead atoms. The molecule has 4 aromatic rings. The number of fused-ring (bicyclic) bond motifs is 3. The van der Waals surface area contributed by atoms with Gasteiger partial charge in [-0.3, -0.25) is 0 Å². The van der Waals surface area contributed by atoms with E-state index in [4.69, 9.17) is 4.74 Å². The number of para-hydroxylation sites is 1. The third kappa shape index (κ3) is 3.33. The highest BCUT2D eigenvalue weighted by atomic mass is 79.9. The normalized spacial score (nSPS) is 16.6. The fourth-order valence-electron chi connectivity index (χ4n) is 3.35. The predicted octanol–water partition coefficient (Wildman–Crippen LogP) is 7.13. The van der Waals surface area contributed by atoms with Crippen LogP contribution in [0.2, 0.25) is 0 Å². The molecule has 1 aliphatic heterocycles. The van der Waals surface area contributed by atoms with E-state index in [1.807, 2.05) is 24.3 Å². The minimum absolute atomic E-state index is 0.332. The van der Waals surface area contributed by atoms with Crippen molar-refractivity contribution in [3.05, 3.63) is 69.6 Å². The largest absolute Gasteiger partial charge is 0.371 e. The summed E-state index contributed by atoms with van der Waals surface area (Å²) in [6.45, 7) is 1.74. The summed E-state index contributed by atoms with van der Waals surface area (Å²) in [5.74, 6) is 0. The number of hydrogen-bond donors (Lipinski definition) is 0. The van der Waals surface area contributed by atoms with Gasteiger partial charge in [-0.05, 0) is 58.4 Å². The van der Waals surface area contributed by atoms with Crippen molar-refractivity contribution in [1.29, 1.82) is 0 Å². The number of nitrogens with zero attached hydrogens (tertiary/aromatic N) is 3. The molecule has 5 rings (SSSR count). The fourth-order valence-corrected chi connectivity index (χ4v) is 4.48. The van der Waals surface area contributed by atoms with Gasteiger partial charge in [0.15, 0.2) is 0 Å². The topological polar surface area (TPSA) is 42.2 Å². The Kier molecular flexibility index (Phi) is 4.34. The number of aromatic nitrogens is 1. The molecule has 1 aromatic heterocycles. The summed E-state index contributed by atoms with van der Waals surface area (Å²) in [4.78, 5) is 0. The van der Waals surface area contributed by atoms with Gasteiger partial charge >= 0.3 is 0 Å². The zero-order chi connectivity index (χ0) is 18.4. The summed E-state index contributed by atoms with van der Waals surface area (Å²) in [6, 6.07) is 20.6. The highest BCUT2D eigenvalue weighted by Gasteiger charge is 2.24. The minimum atomic E-state index is 0.332. The molecule has 3 aromatic carbocycles. The molecule has 4 nitrogen and oxygen atoms in total. The van der Waals surface area contributed by atoms with Crippen molar-refractivity contribution in [2.45, 2.75) is 12.6 Å². The van der Waals surface area contributed by atoms with Crippen LogP contribution in [0.1, 0.15) is 0 Å². The molecule has 2 heterocycles. The lowest BCUT2D eigenvalue weighted by Gasteiger charge is -2.04. The molecule has 0 aliphatic carbocycles. The van der Waals surface area contributed by atoms with Gasteiger partial charge in [0.05, 0.1) is 30.6 Å². The van der Waals surface area contributed by atoms with Gasteiger partial charge in [-0.1, -0.05) is 34.1 Å². The molecule has 1 unspecified atom stereocenters. The number of benzene rings is 3. The van der Waals surface area contributed by atoms with Crippen LogP contribution < -0.4 is 0 Å². The highest BCUT2D eigenvalue weighted by molar-refractivity contribution is 9.11. The molecule has 27 heavy (non-hydrogen) atoms. The lowest BCUT2D eigenvalue weighted by molar-refractivity contribution is 0.387. The molecular formula is C21H15Br2N3O. The standard InChI is InChI=1S/C21H15Br2N3O/c22-13-5-7-19(18(23)9-13)25-24-14-6-8-21-17(10-14)16-3-1-2-4-20(16)26(21)11-15-12-27-15/h1-10,15H,11-12H2. The Morgan fingerprint density at radius 2 is 1.74 bits per heavy atom. The van der Waals surface area contributed by atoms with Gasteiger partial charge in [-0.2, -0.15) is 5.11 Å². The van der Waals surface area contributed by atoms with Crippen molar-refractivity contribution < 1.29 is 4.74 Å². The Morgan fingerprint density at radius 1 is 0.926 bits per heavy atom. The molecule has 6 heteroatoms. The van der Waals surface area contributed by atoms with Gasteiger partial charge in [0.2, 0.25) is 0 Å². The van der Waals surface area contributed by atoms with Crippen LogP contribution in [0.15, 0.2) is 79.8 Å². The molecule has 0 spiro atoms. The molecule has 0 saturated carbocycles. The molecule has 1 aliphatic rings. The second-order valence-electron chi connectivity index (χ2n) is 6.58. The van der Waals surface area contributed by atoms with Crippen molar-refractivity contribution in [1.82, 2.24) is 4.57 Å². The Labute approximate surface area is 173 Å². The van der Waals surface area contributed by atoms with E-state index in [-0.39, 0.29) is 0 Å². The molecule has 134 valence electrons. The lowest BCUT2D eigenvalue weighted by atomic mass is 10.1. The third-order valence-electron chi connectivity index (χ3n) is 4.73. The van der Waals surface area contributed by atoms with E-state index < -0.39 is 0 Å². The first-order chi connectivity index (χ1) is 13.2. The molecule has 0 N–H and O–H groups in total. The maximum Gasteiger partial charge on any atom is 0.0999 e. The second-order valence-corrected chi connectivity index (χ2v) is 8.35. The number of ether oxygens (including phenoxy) is 1. The van der Waals surface area contributed by atoms with Crippen molar-refractivity contribution >= 4 is 65.0 Å². The minimum Gasteiger partial charge on any atom is -0.371 e. The van der Waals surface area contributed by atoms with Gasteiger partial charge < -0.3 is 9.30 Å². The summed E-state index contributed by atoms with van der Waals surface area (Å²) in [5, 5.41) is 11.3. The first-order valence-electron chi connectivity index (χ1n) is 8.68. The van der Waals surface area contributed by atoms with Gasteiger partial charge in [-0.25, -0.2) is 0 Å². The van der Waals surface area contributed by atoms with E-state index in [1.54, 1.807) is 0 Å². The number of azo groups is 1. The van der Waals surface area contributed by atoms with Crippen LogP contribution in [0.3, 0.4) is 0 Å². The van der Waals surface area contributed by atoms with Crippen LogP contribution in [0, 0.1) is 0 Å². The van der Waals surface area contributed by atoms with Crippen molar-refractivity contribution in [2.24, 2.45) is 10.2 Å². The smallest absolute Gasteiger partial charge is 0.0999 e.